The van der Waals surface area contributed by atoms with Gasteiger partial charge in [-0.15, -0.1) is 0 Å². The van der Waals surface area contributed by atoms with Crippen LogP contribution in [0.3, 0.4) is 0 Å². The molecule has 1 fully saturated rings. The fourth-order valence-corrected chi connectivity index (χ4v) is 6.10. The lowest BCUT2D eigenvalue weighted by atomic mass is 10.4. The summed E-state index contributed by atoms with van der Waals surface area (Å²) in [6.45, 7) is 3.84. The first-order valence-corrected chi connectivity index (χ1v) is 12.6. The van der Waals surface area contributed by atoms with E-state index in [4.69, 9.17) is 0 Å². The van der Waals surface area contributed by atoms with E-state index in [0.29, 0.717) is 40.1 Å². The molecule has 5 heterocycles. The summed E-state index contributed by atoms with van der Waals surface area (Å²) in [6.07, 6.45) is 6.82. The molecule has 0 aromatic carbocycles. The van der Waals surface area contributed by atoms with Crippen molar-refractivity contribution in [1.29, 1.82) is 0 Å². The van der Waals surface area contributed by atoms with Crippen molar-refractivity contribution in [2.24, 2.45) is 11.4 Å². The molecule has 0 amide bonds. The van der Waals surface area contributed by atoms with Crippen LogP contribution in [0.1, 0.15) is 32.7 Å². The van der Waals surface area contributed by atoms with Gasteiger partial charge in [-0.25, -0.2) is 23.5 Å². The van der Waals surface area contributed by atoms with Gasteiger partial charge in [0.05, 0.1) is 21.6 Å². The van der Waals surface area contributed by atoms with Crippen LogP contribution >= 0.6 is 0 Å². The van der Waals surface area contributed by atoms with E-state index >= 15 is 0 Å². The van der Waals surface area contributed by atoms with Gasteiger partial charge in [0.15, 0.2) is 17.3 Å². The lowest BCUT2D eigenvalue weighted by Gasteiger charge is -2.15. The fraction of sp³-hybridized carbons (Fsp3) is 0.381. The molecule has 4 aromatic rings. The van der Waals surface area contributed by atoms with E-state index < -0.39 is 9.73 Å². The van der Waals surface area contributed by atoms with Crippen LogP contribution in [0, 0.1) is 0 Å². The first-order chi connectivity index (χ1) is 15.8. The third kappa shape index (κ3) is 4.01. The van der Waals surface area contributed by atoms with Gasteiger partial charge in [0, 0.05) is 37.0 Å². The zero-order chi connectivity index (χ0) is 23.2. The van der Waals surface area contributed by atoms with Crippen molar-refractivity contribution in [3.63, 3.8) is 0 Å². The number of aryl methyl sites for hydroxylation is 1. The average Bonchev–Trinajstić information content (AvgIpc) is 3.46. The molecule has 11 nitrogen and oxygen atoms in total. The zero-order valence-electron chi connectivity index (χ0n) is 18.7. The molecule has 1 aliphatic rings. The lowest BCUT2D eigenvalue weighted by Crippen LogP contribution is -2.24. The van der Waals surface area contributed by atoms with Crippen molar-refractivity contribution in [3.8, 4) is 5.82 Å². The molecule has 33 heavy (non-hydrogen) atoms. The van der Waals surface area contributed by atoms with Gasteiger partial charge in [0.25, 0.3) is 5.56 Å². The van der Waals surface area contributed by atoms with Gasteiger partial charge >= 0.3 is 0 Å². The molecule has 5 rings (SSSR count). The number of fused-ring (bicyclic) bond motifs is 1. The molecule has 1 saturated heterocycles. The van der Waals surface area contributed by atoms with Gasteiger partial charge < -0.3 is 5.32 Å². The molecule has 1 N–H and O–H groups in total. The molecule has 0 saturated carbocycles. The maximum atomic E-state index is 13.2. The summed E-state index contributed by atoms with van der Waals surface area (Å²) in [5.41, 5.74) is 0.941. The minimum absolute atomic E-state index is 0.157. The third-order valence-corrected chi connectivity index (χ3v) is 7.82. The highest BCUT2D eigenvalue weighted by atomic mass is 32.2. The number of nitrogens with zero attached hydrogens (tertiary/aromatic N) is 8. The standard InChI is InChI=1S/C21H25N9O2S/c1-14(2)29-20(31)16-12-22-21(24-15-11-23-28(3)13-15)26-19(16)30(29)18-8-6-7-17(25-18)27-33(32)9-4-5-10-33/h6-8,11-14H,4-5,9-10H2,1-3H3,(H,22,24,26). The largest absolute Gasteiger partial charge is 0.321 e. The smallest absolute Gasteiger partial charge is 0.278 e. The minimum atomic E-state index is -2.27. The number of rotatable bonds is 5. The van der Waals surface area contributed by atoms with Crippen molar-refractivity contribution >= 4 is 38.2 Å². The summed E-state index contributed by atoms with van der Waals surface area (Å²) in [7, 11) is -0.450. The van der Waals surface area contributed by atoms with Gasteiger partial charge in [-0.1, -0.05) is 6.07 Å². The van der Waals surface area contributed by atoms with Gasteiger partial charge in [0.1, 0.15) is 5.39 Å². The number of hydrogen-bond acceptors (Lipinski definition) is 8. The number of pyridine rings is 1. The van der Waals surface area contributed by atoms with Crippen LogP contribution in [0.25, 0.3) is 16.9 Å². The molecule has 0 atom stereocenters. The van der Waals surface area contributed by atoms with Crippen molar-refractivity contribution < 1.29 is 4.21 Å². The summed E-state index contributed by atoms with van der Waals surface area (Å²) in [5, 5.41) is 7.63. The average molecular weight is 468 g/mol. The monoisotopic (exact) mass is 467 g/mol. The normalized spacial score (nSPS) is 15.4. The van der Waals surface area contributed by atoms with Crippen LogP contribution < -0.4 is 10.9 Å². The van der Waals surface area contributed by atoms with Crippen molar-refractivity contribution in [1.82, 2.24) is 34.1 Å². The fourth-order valence-electron chi connectivity index (χ4n) is 3.96. The minimum Gasteiger partial charge on any atom is -0.321 e. The molecule has 0 spiro atoms. The number of aromatic nitrogens is 7. The molecule has 1 aliphatic heterocycles. The van der Waals surface area contributed by atoms with E-state index in [2.05, 4.69) is 29.7 Å². The molecule has 0 bridgehead atoms. The maximum Gasteiger partial charge on any atom is 0.278 e. The second-order valence-corrected chi connectivity index (χ2v) is 10.9. The van der Waals surface area contributed by atoms with Crippen LogP contribution in [0.5, 0.6) is 0 Å². The second kappa shape index (κ2) is 8.10. The predicted octanol–water partition coefficient (Wildman–Crippen LogP) is 2.93. The third-order valence-electron chi connectivity index (χ3n) is 5.45. The van der Waals surface area contributed by atoms with E-state index in [1.54, 1.807) is 44.6 Å². The Morgan fingerprint density at radius 1 is 1.15 bits per heavy atom. The zero-order valence-corrected chi connectivity index (χ0v) is 19.5. The summed E-state index contributed by atoms with van der Waals surface area (Å²) >= 11 is 0. The topological polar surface area (TPSA) is 125 Å². The Balaban J connectivity index is 1.67. The van der Waals surface area contributed by atoms with E-state index in [1.165, 1.54) is 6.20 Å². The SMILES string of the molecule is CC(C)n1c(=O)c2cnc(Nc3cnn(C)c3)nc2n1-c1cccc(N=S2(=O)CCCC2)n1. The number of hydrogen-bond donors (Lipinski definition) is 1. The second-order valence-electron chi connectivity index (χ2n) is 8.35. The van der Waals surface area contributed by atoms with E-state index in [1.807, 2.05) is 20.9 Å². The summed E-state index contributed by atoms with van der Waals surface area (Å²) in [6, 6.07) is 5.17. The lowest BCUT2D eigenvalue weighted by molar-refractivity contribution is 0.472. The van der Waals surface area contributed by atoms with Gasteiger partial charge in [-0.3, -0.25) is 9.48 Å². The first kappa shape index (κ1) is 21.3. The molecular weight excluding hydrogens is 442 g/mol. The molecule has 4 aromatic heterocycles. The van der Waals surface area contributed by atoms with E-state index in [9.17, 15) is 9.00 Å². The summed E-state index contributed by atoms with van der Waals surface area (Å²) in [5.74, 6) is 2.40. The maximum absolute atomic E-state index is 13.2. The Bertz CT molecular complexity index is 1510. The van der Waals surface area contributed by atoms with Crippen LogP contribution in [0.2, 0.25) is 0 Å². The van der Waals surface area contributed by atoms with Crippen LogP contribution in [-0.4, -0.2) is 49.8 Å². The van der Waals surface area contributed by atoms with E-state index in [0.717, 1.165) is 18.5 Å². The van der Waals surface area contributed by atoms with Crippen molar-refractivity contribution in [3.05, 3.63) is 47.1 Å². The Morgan fingerprint density at radius 2 is 1.94 bits per heavy atom. The Morgan fingerprint density at radius 3 is 2.64 bits per heavy atom. The first-order valence-electron chi connectivity index (χ1n) is 10.8. The molecule has 0 unspecified atom stereocenters. The molecule has 0 radical (unpaired) electrons. The number of anilines is 2. The highest BCUT2D eigenvalue weighted by Crippen LogP contribution is 2.23. The Hall–Kier alpha value is -3.54. The van der Waals surface area contributed by atoms with Gasteiger partial charge in [0.2, 0.25) is 5.95 Å². The Labute approximate surface area is 190 Å². The van der Waals surface area contributed by atoms with Crippen LogP contribution in [0.15, 0.2) is 45.9 Å². The quantitative estimate of drug-likeness (QED) is 0.478. The number of nitrogens with one attached hydrogen (secondary N) is 1. The molecule has 12 heteroatoms. The van der Waals surface area contributed by atoms with Crippen molar-refractivity contribution in [2.45, 2.75) is 32.7 Å². The molecule has 0 aliphatic carbocycles. The van der Waals surface area contributed by atoms with Crippen molar-refractivity contribution in [2.75, 3.05) is 16.8 Å². The van der Waals surface area contributed by atoms with Gasteiger partial charge in [-0.05, 0) is 38.8 Å². The summed E-state index contributed by atoms with van der Waals surface area (Å²) in [4.78, 5) is 26.8. The Kier molecular flexibility index (Phi) is 5.23. The van der Waals surface area contributed by atoms with Gasteiger partial charge in [-0.2, -0.15) is 14.4 Å². The van der Waals surface area contributed by atoms with Crippen LogP contribution in [0.4, 0.5) is 17.5 Å². The van der Waals surface area contributed by atoms with E-state index in [-0.39, 0.29) is 11.6 Å². The predicted molar refractivity (Wildman–Crippen MR) is 127 cm³/mol. The highest BCUT2D eigenvalue weighted by Gasteiger charge is 2.21. The molecule has 172 valence electrons. The molecular formula is C21H25N9O2S. The summed E-state index contributed by atoms with van der Waals surface area (Å²) < 4.78 is 22.3. The van der Waals surface area contributed by atoms with Crippen LogP contribution in [-0.2, 0) is 16.8 Å². The highest BCUT2D eigenvalue weighted by molar-refractivity contribution is 7.93.